The standard InChI is InChI=1S/C12H19FN2O/c13-9-3-1-8(2-4-9)7-11(14)12(16)15-10-5-6-10/h3,8,10-11H,1-2,4-7,14H2,(H,15,16). The summed E-state index contributed by atoms with van der Waals surface area (Å²) in [7, 11) is 0. The molecule has 1 fully saturated rings. The SMILES string of the molecule is NC(CC1CC=C(F)CC1)C(=O)NC1CC1. The van der Waals surface area contributed by atoms with Gasteiger partial charge in [-0.2, -0.15) is 0 Å². The molecule has 4 heteroatoms. The van der Waals surface area contributed by atoms with Gasteiger partial charge in [-0.05, 0) is 44.4 Å². The zero-order chi connectivity index (χ0) is 11.5. The lowest BCUT2D eigenvalue weighted by Gasteiger charge is -2.21. The molecule has 0 aromatic carbocycles. The molecule has 0 spiro atoms. The molecule has 2 rings (SSSR count). The van der Waals surface area contributed by atoms with Gasteiger partial charge in [0.25, 0.3) is 0 Å². The number of carbonyl (C=O) groups is 1. The van der Waals surface area contributed by atoms with Crippen molar-refractivity contribution in [2.45, 2.75) is 50.6 Å². The second-order valence-corrected chi connectivity index (χ2v) is 4.92. The molecule has 16 heavy (non-hydrogen) atoms. The van der Waals surface area contributed by atoms with Crippen LogP contribution in [0.25, 0.3) is 0 Å². The van der Waals surface area contributed by atoms with Crippen molar-refractivity contribution in [2.24, 2.45) is 11.7 Å². The molecule has 0 aromatic rings. The van der Waals surface area contributed by atoms with Crippen molar-refractivity contribution in [2.75, 3.05) is 0 Å². The van der Waals surface area contributed by atoms with Gasteiger partial charge < -0.3 is 11.1 Å². The van der Waals surface area contributed by atoms with E-state index in [1.54, 1.807) is 6.08 Å². The van der Waals surface area contributed by atoms with Crippen LogP contribution in [0.1, 0.15) is 38.5 Å². The Morgan fingerprint density at radius 3 is 2.88 bits per heavy atom. The first kappa shape index (κ1) is 11.6. The molecular formula is C12H19FN2O. The Bertz CT molecular complexity index is 299. The van der Waals surface area contributed by atoms with Crippen molar-refractivity contribution in [3.8, 4) is 0 Å². The van der Waals surface area contributed by atoms with Crippen LogP contribution in [0.3, 0.4) is 0 Å². The van der Waals surface area contributed by atoms with Gasteiger partial charge in [0.2, 0.25) is 5.91 Å². The van der Waals surface area contributed by atoms with E-state index in [0.717, 1.165) is 25.7 Å². The number of carbonyl (C=O) groups excluding carboxylic acids is 1. The molecule has 2 unspecified atom stereocenters. The number of hydrogen-bond donors (Lipinski definition) is 2. The summed E-state index contributed by atoms with van der Waals surface area (Å²) in [4.78, 5) is 11.6. The Hall–Kier alpha value is -0.900. The van der Waals surface area contributed by atoms with Crippen molar-refractivity contribution < 1.29 is 9.18 Å². The Morgan fingerprint density at radius 2 is 2.31 bits per heavy atom. The lowest BCUT2D eigenvalue weighted by molar-refractivity contribution is -0.122. The maximum absolute atomic E-state index is 12.8. The number of halogens is 1. The van der Waals surface area contributed by atoms with Crippen molar-refractivity contribution >= 4 is 5.91 Å². The highest BCUT2D eigenvalue weighted by Gasteiger charge is 2.27. The van der Waals surface area contributed by atoms with E-state index in [4.69, 9.17) is 5.73 Å². The minimum atomic E-state index is -0.430. The van der Waals surface area contributed by atoms with Crippen LogP contribution in [0.2, 0.25) is 0 Å². The summed E-state index contributed by atoms with van der Waals surface area (Å²) < 4.78 is 12.8. The number of allylic oxidation sites excluding steroid dienone is 2. The summed E-state index contributed by atoms with van der Waals surface area (Å²) in [5.74, 6) is 0.296. The number of amides is 1. The summed E-state index contributed by atoms with van der Waals surface area (Å²) in [6.07, 6.45) is 6.48. The normalized spacial score (nSPS) is 27.1. The van der Waals surface area contributed by atoms with E-state index < -0.39 is 6.04 Å². The summed E-state index contributed by atoms with van der Waals surface area (Å²) in [5.41, 5.74) is 5.83. The molecule has 0 radical (unpaired) electrons. The van der Waals surface area contributed by atoms with Gasteiger partial charge >= 0.3 is 0 Å². The molecule has 90 valence electrons. The Kier molecular flexibility index (Phi) is 3.59. The average Bonchev–Trinajstić information content (AvgIpc) is 3.05. The van der Waals surface area contributed by atoms with Gasteiger partial charge in [0.1, 0.15) is 0 Å². The molecule has 1 amide bonds. The topological polar surface area (TPSA) is 55.1 Å². The molecule has 0 aliphatic heterocycles. The average molecular weight is 226 g/mol. The largest absolute Gasteiger partial charge is 0.352 e. The quantitative estimate of drug-likeness (QED) is 0.765. The number of nitrogens with two attached hydrogens (primary N) is 1. The highest BCUT2D eigenvalue weighted by Crippen LogP contribution is 2.27. The fraction of sp³-hybridized carbons (Fsp3) is 0.750. The minimum Gasteiger partial charge on any atom is -0.352 e. The van der Waals surface area contributed by atoms with Crippen molar-refractivity contribution in [1.82, 2.24) is 5.32 Å². The molecule has 3 nitrogen and oxygen atoms in total. The van der Waals surface area contributed by atoms with Crippen LogP contribution in [-0.4, -0.2) is 18.0 Å². The van der Waals surface area contributed by atoms with Gasteiger partial charge in [0, 0.05) is 6.04 Å². The third kappa shape index (κ3) is 3.30. The number of hydrogen-bond acceptors (Lipinski definition) is 2. The van der Waals surface area contributed by atoms with Gasteiger partial charge in [-0.15, -0.1) is 0 Å². The molecular weight excluding hydrogens is 207 g/mol. The molecule has 2 atom stereocenters. The predicted octanol–water partition coefficient (Wildman–Crippen LogP) is 1.64. The maximum Gasteiger partial charge on any atom is 0.237 e. The van der Waals surface area contributed by atoms with Crippen LogP contribution < -0.4 is 11.1 Å². The maximum atomic E-state index is 12.8. The van der Waals surface area contributed by atoms with Gasteiger partial charge in [-0.3, -0.25) is 4.79 Å². The Morgan fingerprint density at radius 1 is 1.56 bits per heavy atom. The van der Waals surface area contributed by atoms with E-state index in [1.807, 2.05) is 0 Å². The van der Waals surface area contributed by atoms with Crippen LogP contribution in [0.5, 0.6) is 0 Å². The summed E-state index contributed by atoms with van der Waals surface area (Å²) in [5, 5.41) is 2.90. The van der Waals surface area contributed by atoms with Crippen LogP contribution in [0.4, 0.5) is 4.39 Å². The monoisotopic (exact) mass is 226 g/mol. The second kappa shape index (κ2) is 4.95. The van der Waals surface area contributed by atoms with Gasteiger partial charge in [0.05, 0.1) is 11.9 Å². The van der Waals surface area contributed by atoms with Gasteiger partial charge in [-0.25, -0.2) is 4.39 Å². The summed E-state index contributed by atoms with van der Waals surface area (Å²) in [6.45, 7) is 0. The first-order valence-electron chi connectivity index (χ1n) is 6.05. The van der Waals surface area contributed by atoms with Crippen molar-refractivity contribution in [1.29, 1.82) is 0 Å². The zero-order valence-corrected chi connectivity index (χ0v) is 9.42. The Balaban J connectivity index is 1.73. The Labute approximate surface area is 95.3 Å². The molecule has 0 aromatic heterocycles. The molecule has 0 saturated heterocycles. The smallest absolute Gasteiger partial charge is 0.237 e. The van der Waals surface area contributed by atoms with Crippen LogP contribution in [-0.2, 0) is 4.79 Å². The van der Waals surface area contributed by atoms with Gasteiger partial charge in [0.15, 0.2) is 0 Å². The first-order chi connectivity index (χ1) is 7.65. The number of nitrogens with one attached hydrogen (secondary N) is 1. The molecule has 0 bridgehead atoms. The highest BCUT2D eigenvalue weighted by atomic mass is 19.1. The predicted molar refractivity (Wildman–Crippen MR) is 60.3 cm³/mol. The van der Waals surface area contributed by atoms with Crippen LogP contribution in [0.15, 0.2) is 11.9 Å². The van der Waals surface area contributed by atoms with E-state index in [1.165, 1.54) is 0 Å². The van der Waals surface area contributed by atoms with E-state index >= 15 is 0 Å². The molecule has 3 N–H and O–H groups in total. The molecule has 1 saturated carbocycles. The van der Waals surface area contributed by atoms with Crippen molar-refractivity contribution in [3.63, 3.8) is 0 Å². The second-order valence-electron chi connectivity index (χ2n) is 4.92. The molecule has 2 aliphatic carbocycles. The number of rotatable bonds is 4. The summed E-state index contributed by atoms with van der Waals surface area (Å²) in [6, 6.07) is -0.0672. The lowest BCUT2D eigenvalue weighted by atomic mass is 9.88. The summed E-state index contributed by atoms with van der Waals surface area (Å²) >= 11 is 0. The highest BCUT2D eigenvalue weighted by molar-refractivity contribution is 5.82. The van der Waals surface area contributed by atoms with Crippen molar-refractivity contribution in [3.05, 3.63) is 11.9 Å². The third-order valence-corrected chi connectivity index (χ3v) is 3.31. The van der Waals surface area contributed by atoms with E-state index in [0.29, 0.717) is 24.8 Å². The van der Waals surface area contributed by atoms with Crippen LogP contribution >= 0.6 is 0 Å². The first-order valence-corrected chi connectivity index (χ1v) is 6.05. The van der Waals surface area contributed by atoms with E-state index in [9.17, 15) is 9.18 Å². The van der Waals surface area contributed by atoms with Gasteiger partial charge in [-0.1, -0.05) is 6.08 Å². The van der Waals surface area contributed by atoms with Crippen LogP contribution in [0, 0.1) is 5.92 Å². The fourth-order valence-electron chi connectivity index (χ4n) is 2.07. The van der Waals surface area contributed by atoms with E-state index in [2.05, 4.69) is 5.32 Å². The fourth-order valence-corrected chi connectivity index (χ4v) is 2.07. The lowest BCUT2D eigenvalue weighted by Crippen LogP contribution is -2.42. The molecule has 0 heterocycles. The van der Waals surface area contributed by atoms with E-state index in [-0.39, 0.29) is 11.7 Å². The zero-order valence-electron chi connectivity index (χ0n) is 9.42. The molecule has 2 aliphatic rings. The minimum absolute atomic E-state index is 0.0211. The third-order valence-electron chi connectivity index (χ3n) is 3.31.